The molecule has 1 aromatic carbocycles. The van der Waals surface area contributed by atoms with E-state index in [4.69, 9.17) is 10.5 Å². The molecule has 0 amide bonds. The molecule has 0 saturated heterocycles. The summed E-state index contributed by atoms with van der Waals surface area (Å²) in [6.07, 6.45) is 0. The molecule has 1 heterocycles. The van der Waals surface area contributed by atoms with Gasteiger partial charge >= 0.3 is 0 Å². The Hall–Kier alpha value is -2.01. The number of anilines is 1. The molecule has 1 unspecified atom stereocenters. The quantitative estimate of drug-likeness (QED) is 0.861. The summed E-state index contributed by atoms with van der Waals surface area (Å²) in [5.41, 5.74) is 8.87. The smallest absolute Gasteiger partial charge is 0.216 e. The molecule has 5 nitrogen and oxygen atoms in total. The lowest BCUT2D eigenvalue weighted by Gasteiger charge is -2.19. The first-order valence-electron chi connectivity index (χ1n) is 6.26. The van der Waals surface area contributed by atoms with Crippen LogP contribution in [0.3, 0.4) is 0 Å². The Bertz CT molecular complexity index is 536. The first kappa shape index (κ1) is 13.4. The highest BCUT2D eigenvalue weighted by Crippen LogP contribution is 2.29. The van der Waals surface area contributed by atoms with Gasteiger partial charge in [-0.2, -0.15) is 5.10 Å². The van der Waals surface area contributed by atoms with Crippen LogP contribution in [-0.2, 0) is 7.05 Å². The molecule has 2 rings (SSSR count). The van der Waals surface area contributed by atoms with Crippen LogP contribution < -0.4 is 15.8 Å². The maximum atomic E-state index is 5.90. The molecule has 5 heteroatoms. The number of hydrogen-bond acceptors (Lipinski definition) is 4. The number of methoxy groups -OCH3 is 1. The van der Waals surface area contributed by atoms with Crippen LogP contribution in [0.1, 0.15) is 17.3 Å². The average molecular weight is 260 g/mol. The first-order valence-corrected chi connectivity index (χ1v) is 6.26. The Labute approximate surface area is 113 Å². The van der Waals surface area contributed by atoms with Gasteiger partial charge in [0.15, 0.2) is 0 Å². The summed E-state index contributed by atoms with van der Waals surface area (Å²) in [6.45, 7) is 2.44. The predicted molar refractivity (Wildman–Crippen MR) is 76.4 cm³/mol. The van der Waals surface area contributed by atoms with Gasteiger partial charge in [0.2, 0.25) is 5.88 Å². The minimum absolute atomic E-state index is 0.0222. The number of nitrogens with zero attached hydrogens (tertiary/aromatic N) is 2. The second-order valence-electron chi connectivity index (χ2n) is 4.43. The van der Waals surface area contributed by atoms with Gasteiger partial charge in [0, 0.05) is 19.3 Å². The SMILES string of the molecule is COc1c(C(CN)Nc2ccccc2)c(C)nn1C. The van der Waals surface area contributed by atoms with E-state index in [1.165, 1.54) is 0 Å². The fourth-order valence-electron chi connectivity index (χ4n) is 2.28. The average Bonchev–Trinajstić information content (AvgIpc) is 2.71. The highest BCUT2D eigenvalue weighted by atomic mass is 16.5. The van der Waals surface area contributed by atoms with Crippen molar-refractivity contribution in [3.05, 3.63) is 41.6 Å². The highest BCUT2D eigenvalue weighted by Gasteiger charge is 2.22. The molecule has 0 radical (unpaired) electrons. The molecule has 0 fully saturated rings. The monoisotopic (exact) mass is 260 g/mol. The number of ether oxygens (including phenoxy) is 1. The van der Waals surface area contributed by atoms with Crippen LogP contribution in [0.15, 0.2) is 30.3 Å². The van der Waals surface area contributed by atoms with E-state index < -0.39 is 0 Å². The third-order valence-electron chi connectivity index (χ3n) is 3.11. The molecule has 0 aliphatic heterocycles. The van der Waals surface area contributed by atoms with Gasteiger partial charge in [0.25, 0.3) is 0 Å². The lowest BCUT2D eigenvalue weighted by Crippen LogP contribution is -2.21. The molecular weight excluding hydrogens is 240 g/mol. The van der Waals surface area contributed by atoms with E-state index in [1.807, 2.05) is 44.3 Å². The fraction of sp³-hybridized carbons (Fsp3) is 0.357. The molecular formula is C14H20N4O. The highest BCUT2D eigenvalue weighted by molar-refractivity contribution is 5.47. The summed E-state index contributed by atoms with van der Waals surface area (Å²) in [7, 11) is 3.52. The van der Waals surface area contributed by atoms with Gasteiger partial charge < -0.3 is 15.8 Å². The van der Waals surface area contributed by atoms with Crippen molar-refractivity contribution >= 4 is 5.69 Å². The zero-order chi connectivity index (χ0) is 13.8. The zero-order valence-corrected chi connectivity index (χ0v) is 11.6. The molecule has 1 atom stereocenters. The largest absolute Gasteiger partial charge is 0.481 e. The Kier molecular flexibility index (Phi) is 4.06. The third kappa shape index (κ3) is 2.71. The van der Waals surface area contributed by atoms with Crippen molar-refractivity contribution in [1.82, 2.24) is 9.78 Å². The summed E-state index contributed by atoms with van der Waals surface area (Å²) >= 11 is 0. The Morgan fingerprint density at radius 1 is 1.37 bits per heavy atom. The zero-order valence-electron chi connectivity index (χ0n) is 11.6. The van der Waals surface area contributed by atoms with E-state index in [0.29, 0.717) is 6.54 Å². The van der Waals surface area contributed by atoms with Gasteiger partial charge in [-0.25, -0.2) is 4.68 Å². The van der Waals surface area contributed by atoms with E-state index in [0.717, 1.165) is 22.8 Å². The van der Waals surface area contributed by atoms with Crippen LogP contribution in [0, 0.1) is 6.92 Å². The molecule has 0 aliphatic rings. The number of aryl methyl sites for hydroxylation is 2. The van der Waals surface area contributed by atoms with Gasteiger partial charge in [-0.3, -0.25) is 0 Å². The van der Waals surface area contributed by atoms with Crippen molar-refractivity contribution in [3.8, 4) is 5.88 Å². The van der Waals surface area contributed by atoms with E-state index in [-0.39, 0.29) is 6.04 Å². The molecule has 2 aromatic rings. The van der Waals surface area contributed by atoms with E-state index in [2.05, 4.69) is 10.4 Å². The summed E-state index contributed by atoms with van der Waals surface area (Å²) in [4.78, 5) is 0. The second kappa shape index (κ2) is 5.75. The van der Waals surface area contributed by atoms with Crippen molar-refractivity contribution in [2.24, 2.45) is 12.8 Å². The number of rotatable bonds is 5. The van der Waals surface area contributed by atoms with Crippen molar-refractivity contribution in [3.63, 3.8) is 0 Å². The van der Waals surface area contributed by atoms with Crippen LogP contribution in [0.5, 0.6) is 5.88 Å². The maximum Gasteiger partial charge on any atom is 0.216 e. The second-order valence-corrected chi connectivity index (χ2v) is 4.43. The topological polar surface area (TPSA) is 65.1 Å². The van der Waals surface area contributed by atoms with Crippen molar-refractivity contribution in [2.45, 2.75) is 13.0 Å². The number of nitrogens with two attached hydrogens (primary N) is 1. The predicted octanol–water partition coefficient (Wildman–Crippen LogP) is 1.85. The Balaban J connectivity index is 2.32. The van der Waals surface area contributed by atoms with Gasteiger partial charge in [0.05, 0.1) is 24.4 Å². The van der Waals surface area contributed by atoms with Crippen LogP contribution >= 0.6 is 0 Å². The normalized spacial score (nSPS) is 12.2. The Morgan fingerprint density at radius 2 is 2.05 bits per heavy atom. The molecule has 102 valence electrons. The number of para-hydroxylation sites is 1. The fourth-order valence-corrected chi connectivity index (χ4v) is 2.28. The van der Waals surface area contributed by atoms with Gasteiger partial charge in [-0.05, 0) is 19.1 Å². The van der Waals surface area contributed by atoms with E-state index >= 15 is 0 Å². The minimum Gasteiger partial charge on any atom is -0.481 e. The molecule has 0 saturated carbocycles. The lowest BCUT2D eigenvalue weighted by molar-refractivity contribution is 0.367. The number of benzene rings is 1. The standard InChI is InChI=1S/C14H20N4O/c1-10-13(14(19-3)18(2)17-10)12(9-15)16-11-7-5-4-6-8-11/h4-8,12,16H,9,15H2,1-3H3. The summed E-state index contributed by atoms with van der Waals surface area (Å²) < 4.78 is 7.16. The van der Waals surface area contributed by atoms with E-state index in [9.17, 15) is 0 Å². The molecule has 19 heavy (non-hydrogen) atoms. The lowest BCUT2D eigenvalue weighted by atomic mass is 10.1. The van der Waals surface area contributed by atoms with Crippen LogP contribution in [0.4, 0.5) is 5.69 Å². The molecule has 3 N–H and O–H groups in total. The van der Waals surface area contributed by atoms with Gasteiger partial charge in [0.1, 0.15) is 0 Å². The summed E-state index contributed by atoms with van der Waals surface area (Å²) in [5.74, 6) is 0.747. The first-order chi connectivity index (χ1) is 9.17. The summed E-state index contributed by atoms with van der Waals surface area (Å²) in [6, 6.07) is 9.97. The van der Waals surface area contributed by atoms with Crippen LogP contribution in [0.25, 0.3) is 0 Å². The van der Waals surface area contributed by atoms with Crippen molar-refractivity contribution in [2.75, 3.05) is 19.0 Å². The molecule has 0 aliphatic carbocycles. The van der Waals surface area contributed by atoms with Crippen molar-refractivity contribution < 1.29 is 4.74 Å². The van der Waals surface area contributed by atoms with E-state index in [1.54, 1.807) is 11.8 Å². The van der Waals surface area contributed by atoms with Gasteiger partial charge in [-0.1, -0.05) is 18.2 Å². The number of nitrogens with one attached hydrogen (secondary N) is 1. The van der Waals surface area contributed by atoms with Crippen molar-refractivity contribution in [1.29, 1.82) is 0 Å². The molecule has 1 aromatic heterocycles. The minimum atomic E-state index is -0.0222. The number of hydrogen-bond donors (Lipinski definition) is 2. The summed E-state index contributed by atoms with van der Waals surface area (Å²) in [5, 5.41) is 7.80. The molecule has 0 spiro atoms. The van der Waals surface area contributed by atoms with Crippen LogP contribution in [0.2, 0.25) is 0 Å². The van der Waals surface area contributed by atoms with Gasteiger partial charge in [-0.15, -0.1) is 0 Å². The Morgan fingerprint density at radius 3 is 2.63 bits per heavy atom. The number of aromatic nitrogens is 2. The third-order valence-corrected chi connectivity index (χ3v) is 3.11. The molecule has 0 bridgehead atoms. The maximum absolute atomic E-state index is 5.90. The van der Waals surface area contributed by atoms with Crippen LogP contribution in [-0.4, -0.2) is 23.4 Å².